The molecule has 1 aromatic heterocycles. The topological polar surface area (TPSA) is 84.1 Å². The fourth-order valence-electron chi connectivity index (χ4n) is 2.51. The largest absolute Gasteiger partial charge is 0.469 e. The first-order valence-electron chi connectivity index (χ1n) is 7.53. The van der Waals surface area contributed by atoms with Crippen LogP contribution in [0.25, 0.3) is 11.0 Å². The SMILES string of the molecule is COC(=O)CC(NC(=O)c1ccc2nc[nH]c2c1)c1ccccc1. The summed E-state index contributed by atoms with van der Waals surface area (Å²) in [6.07, 6.45) is 1.65. The lowest BCUT2D eigenvalue weighted by Crippen LogP contribution is -2.30. The van der Waals surface area contributed by atoms with E-state index in [-0.39, 0.29) is 18.3 Å². The van der Waals surface area contributed by atoms with Crippen LogP contribution in [0, 0.1) is 0 Å². The molecule has 122 valence electrons. The van der Waals surface area contributed by atoms with Crippen LogP contribution in [-0.2, 0) is 9.53 Å². The van der Waals surface area contributed by atoms with Gasteiger partial charge in [0.05, 0.1) is 36.9 Å². The maximum Gasteiger partial charge on any atom is 0.307 e. The number of benzene rings is 2. The molecule has 2 aromatic carbocycles. The quantitative estimate of drug-likeness (QED) is 0.707. The van der Waals surface area contributed by atoms with Crippen LogP contribution in [-0.4, -0.2) is 29.0 Å². The highest BCUT2D eigenvalue weighted by molar-refractivity contribution is 5.97. The summed E-state index contributed by atoms with van der Waals surface area (Å²) in [4.78, 5) is 31.3. The molecular weight excluding hydrogens is 306 g/mol. The average Bonchev–Trinajstić information content (AvgIpc) is 3.09. The molecule has 3 aromatic rings. The van der Waals surface area contributed by atoms with E-state index in [1.54, 1.807) is 24.5 Å². The van der Waals surface area contributed by atoms with Crippen LogP contribution in [0.3, 0.4) is 0 Å². The number of carbonyl (C=O) groups excluding carboxylic acids is 2. The Hall–Kier alpha value is -3.15. The number of aromatic nitrogens is 2. The first-order chi connectivity index (χ1) is 11.7. The van der Waals surface area contributed by atoms with E-state index in [0.29, 0.717) is 5.56 Å². The van der Waals surface area contributed by atoms with Gasteiger partial charge in [0, 0.05) is 5.56 Å². The van der Waals surface area contributed by atoms with Gasteiger partial charge in [0.25, 0.3) is 5.91 Å². The number of aromatic amines is 1. The van der Waals surface area contributed by atoms with Gasteiger partial charge in [-0.1, -0.05) is 30.3 Å². The van der Waals surface area contributed by atoms with E-state index in [0.717, 1.165) is 16.6 Å². The number of imidazole rings is 1. The van der Waals surface area contributed by atoms with Gasteiger partial charge in [0.1, 0.15) is 0 Å². The van der Waals surface area contributed by atoms with Crippen molar-refractivity contribution in [2.45, 2.75) is 12.5 Å². The Morgan fingerprint density at radius 1 is 1.21 bits per heavy atom. The zero-order chi connectivity index (χ0) is 16.9. The molecule has 6 heteroatoms. The molecule has 1 heterocycles. The zero-order valence-corrected chi connectivity index (χ0v) is 13.2. The van der Waals surface area contributed by atoms with Crippen molar-refractivity contribution in [2.24, 2.45) is 0 Å². The number of amides is 1. The summed E-state index contributed by atoms with van der Waals surface area (Å²) in [5, 5.41) is 2.90. The molecule has 0 radical (unpaired) electrons. The summed E-state index contributed by atoms with van der Waals surface area (Å²) in [5.41, 5.74) is 2.92. The molecule has 6 nitrogen and oxygen atoms in total. The Bertz CT molecular complexity index is 858. The summed E-state index contributed by atoms with van der Waals surface area (Å²) in [5.74, 6) is -0.641. The predicted molar refractivity (Wildman–Crippen MR) is 89.4 cm³/mol. The maximum absolute atomic E-state index is 12.6. The number of H-pyrrole nitrogens is 1. The van der Waals surface area contributed by atoms with Crippen molar-refractivity contribution in [2.75, 3.05) is 7.11 Å². The van der Waals surface area contributed by atoms with Gasteiger partial charge in [-0.15, -0.1) is 0 Å². The van der Waals surface area contributed by atoms with E-state index in [4.69, 9.17) is 4.74 Å². The third-order valence-corrected chi connectivity index (χ3v) is 3.79. The van der Waals surface area contributed by atoms with Crippen LogP contribution in [0.2, 0.25) is 0 Å². The number of carbonyl (C=O) groups is 2. The molecule has 0 aliphatic carbocycles. The lowest BCUT2D eigenvalue weighted by molar-refractivity contribution is -0.141. The second-order valence-corrected chi connectivity index (χ2v) is 5.35. The van der Waals surface area contributed by atoms with Gasteiger partial charge in [-0.05, 0) is 23.8 Å². The number of rotatable bonds is 5. The van der Waals surface area contributed by atoms with Gasteiger partial charge < -0.3 is 15.0 Å². The third kappa shape index (κ3) is 3.43. The first-order valence-corrected chi connectivity index (χ1v) is 7.53. The number of hydrogen-bond donors (Lipinski definition) is 2. The molecule has 0 spiro atoms. The van der Waals surface area contributed by atoms with Crippen LogP contribution in [0.4, 0.5) is 0 Å². The van der Waals surface area contributed by atoms with Gasteiger partial charge >= 0.3 is 5.97 Å². The Morgan fingerprint density at radius 2 is 2.00 bits per heavy atom. The summed E-state index contributed by atoms with van der Waals surface area (Å²) in [6, 6.07) is 14.1. The molecule has 1 amide bonds. The minimum atomic E-state index is -0.455. The number of methoxy groups -OCH3 is 1. The van der Waals surface area contributed by atoms with Gasteiger partial charge in [0.2, 0.25) is 0 Å². The number of hydrogen-bond acceptors (Lipinski definition) is 4. The molecule has 2 N–H and O–H groups in total. The maximum atomic E-state index is 12.6. The molecule has 1 unspecified atom stereocenters. The summed E-state index contributed by atoms with van der Waals surface area (Å²) < 4.78 is 4.73. The number of ether oxygens (including phenoxy) is 1. The minimum Gasteiger partial charge on any atom is -0.469 e. The summed E-state index contributed by atoms with van der Waals surface area (Å²) in [6.45, 7) is 0. The van der Waals surface area contributed by atoms with Crippen molar-refractivity contribution in [3.63, 3.8) is 0 Å². The highest BCUT2D eigenvalue weighted by Gasteiger charge is 2.19. The summed E-state index contributed by atoms with van der Waals surface area (Å²) in [7, 11) is 1.33. The van der Waals surface area contributed by atoms with Gasteiger partial charge in [-0.25, -0.2) is 4.98 Å². The molecule has 1 atom stereocenters. The zero-order valence-electron chi connectivity index (χ0n) is 13.2. The lowest BCUT2D eigenvalue weighted by Gasteiger charge is -2.18. The van der Waals surface area contributed by atoms with E-state index in [2.05, 4.69) is 15.3 Å². The van der Waals surface area contributed by atoms with Crippen LogP contribution >= 0.6 is 0 Å². The van der Waals surface area contributed by atoms with Gasteiger partial charge in [-0.3, -0.25) is 9.59 Å². The molecular formula is C18H17N3O3. The second-order valence-electron chi connectivity index (χ2n) is 5.35. The molecule has 3 rings (SSSR count). The Balaban J connectivity index is 1.82. The van der Waals surface area contributed by atoms with Crippen molar-refractivity contribution in [1.29, 1.82) is 0 Å². The van der Waals surface area contributed by atoms with Crippen molar-refractivity contribution < 1.29 is 14.3 Å². The van der Waals surface area contributed by atoms with Crippen molar-refractivity contribution >= 4 is 22.9 Å². The smallest absolute Gasteiger partial charge is 0.307 e. The molecule has 24 heavy (non-hydrogen) atoms. The number of esters is 1. The lowest BCUT2D eigenvalue weighted by atomic mass is 10.0. The fraction of sp³-hybridized carbons (Fsp3) is 0.167. The van der Waals surface area contributed by atoms with E-state index in [1.165, 1.54) is 7.11 Å². The van der Waals surface area contributed by atoms with E-state index in [9.17, 15) is 9.59 Å². The van der Waals surface area contributed by atoms with E-state index < -0.39 is 6.04 Å². The molecule has 0 bridgehead atoms. The van der Waals surface area contributed by atoms with Gasteiger partial charge in [-0.2, -0.15) is 0 Å². The van der Waals surface area contributed by atoms with Crippen molar-refractivity contribution in [1.82, 2.24) is 15.3 Å². The monoisotopic (exact) mass is 323 g/mol. The van der Waals surface area contributed by atoms with Crippen LogP contribution in [0.5, 0.6) is 0 Å². The summed E-state index contributed by atoms with van der Waals surface area (Å²) >= 11 is 0. The second kappa shape index (κ2) is 6.95. The first kappa shape index (κ1) is 15.7. The Kier molecular flexibility index (Phi) is 4.56. The van der Waals surface area contributed by atoms with Crippen LogP contribution in [0.1, 0.15) is 28.4 Å². The van der Waals surface area contributed by atoms with Gasteiger partial charge in [0.15, 0.2) is 0 Å². The average molecular weight is 323 g/mol. The highest BCUT2D eigenvalue weighted by Crippen LogP contribution is 2.19. The van der Waals surface area contributed by atoms with E-state index >= 15 is 0 Å². The fourth-order valence-corrected chi connectivity index (χ4v) is 2.51. The number of nitrogens with zero attached hydrogens (tertiary/aromatic N) is 1. The number of nitrogens with one attached hydrogen (secondary N) is 2. The van der Waals surface area contributed by atoms with Crippen molar-refractivity contribution in [3.05, 3.63) is 66.0 Å². The highest BCUT2D eigenvalue weighted by atomic mass is 16.5. The predicted octanol–water partition coefficient (Wildman–Crippen LogP) is 2.60. The van der Waals surface area contributed by atoms with E-state index in [1.807, 2.05) is 30.3 Å². The third-order valence-electron chi connectivity index (χ3n) is 3.79. The molecule has 0 aliphatic heterocycles. The Morgan fingerprint density at radius 3 is 2.75 bits per heavy atom. The minimum absolute atomic E-state index is 0.0680. The normalized spacial score (nSPS) is 11.9. The molecule has 0 saturated heterocycles. The molecule has 0 aliphatic rings. The standard InChI is InChI=1S/C18H17N3O3/c1-24-17(22)10-15(12-5-3-2-4-6-12)21-18(23)13-7-8-14-16(9-13)20-11-19-14/h2-9,11,15H,10H2,1H3,(H,19,20)(H,21,23). The molecule has 0 fully saturated rings. The van der Waals surface area contributed by atoms with Crippen LogP contribution < -0.4 is 5.32 Å². The molecule has 0 saturated carbocycles. The number of fused-ring (bicyclic) bond motifs is 1. The van der Waals surface area contributed by atoms with Crippen LogP contribution in [0.15, 0.2) is 54.9 Å². The Labute approximate surface area is 138 Å². The van der Waals surface area contributed by atoms with Crippen molar-refractivity contribution in [3.8, 4) is 0 Å².